The predicted octanol–water partition coefficient (Wildman–Crippen LogP) is 4.00. The summed E-state index contributed by atoms with van der Waals surface area (Å²) in [6.07, 6.45) is 1.38. The molecule has 3 aromatic carbocycles. The number of rotatable bonds is 9. The van der Waals surface area contributed by atoms with Gasteiger partial charge in [0.05, 0.1) is 21.8 Å². The van der Waals surface area contributed by atoms with Gasteiger partial charge in [-0.2, -0.15) is 5.21 Å². The van der Waals surface area contributed by atoms with Crippen molar-refractivity contribution < 1.29 is 23.4 Å². The summed E-state index contributed by atoms with van der Waals surface area (Å²) in [7, 11) is -3.77. The number of carbonyl (C=O) groups is 1. The van der Waals surface area contributed by atoms with Gasteiger partial charge in [-0.15, -0.1) is 10.2 Å². The van der Waals surface area contributed by atoms with Crippen LogP contribution in [0.3, 0.4) is 0 Å². The molecule has 10 heteroatoms. The minimum Gasteiger partial charge on any atom is -0.507 e. The van der Waals surface area contributed by atoms with Crippen LogP contribution in [0.1, 0.15) is 52.9 Å². The monoisotopic (exact) mass is 506 g/mol. The molecule has 3 N–H and O–H groups in total. The number of Topliss-reactive ketones (excluding diaryl/α,β-unsaturated/α-hetero) is 1. The Balaban J connectivity index is 1.56. The summed E-state index contributed by atoms with van der Waals surface area (Å²) in [6, 6.07) is 15.2. The zero-order chi connectivity index (χ0) is 25.9. The number of phenols is 2. The van der Waals surface area contributed by atoms with Gasteiger partial charge in [-0.25, -0.2) is 8.42 Å². The molecule has 4 aromatic rings. The molecule has 0 radical (unpaired) electrons. The van der Waals surface area contributed by atoms with Crippen molar-refractivity contribution in [1.29, 1.82) is 0 Å². The number of ketones is 1. The topological polar surface area (TPSA) is 146 Å². The first-order valence-corrected chi connectivity index (χ1v) is 13.1. The summed E-state index contributed by atoms with van der Waals surface area (Å²) >= 11 is 0. The maximum atomic E-state index is 13.3. The van der Waals surface area contributed by atoms with E-state index in [9.17, 15) is 23.4 Å². The predicted molar refractivity (Wildman–Crippen MR) is 134 cm³/mol. The van der Waals surface area contributed by atoms with Crippen LogP contribution in [0.5, 0.6) is 11.5 Å². The van der Waals surface area contributed by atoms with Crippen LogP contribution in [0.15, 0.2) is 59.5 Å². The number of tetrazole rings is 1. The lowest BCUT2D eigenvalue weighted by atomic mass is 10.0. The molecule has 9 nitrogen and oxygen atoms in total. The molecule has 1 heterocycles. The molecule has 0 bridgehead atoms. The van der Waals surface area contributed by atoms with Gasteiger partial charge in [-0.05, 0) is 53.4 Å². The highest BCUT2D eigenvalue weighted by atomic mass is 32.2. The minimum atomic E-state index is -3.77. The highest BCUT2D eigenvalue weighted by molar-refractivity contribution is 7.90. The largest absolute Gasteiger partial charge is 0.507 e. The zero-order valence-corrected chi connectivity index (χ0v) is 20.7. The first kappa shape index (κ1) is 25.1. The molecule has 0 saturated heterocycles. The number of para-hydroxylation sites is 1. The van der Waals surface area contributed by atoms with Gasteiger partial charge in [0.1, 0.15) is 11.5 Å². The van der Waals surface area contributed by atoms with Crippen molar-refractivity contribution in [3.8, 4) is 22.9 Å². The van der Waals surface area contributed by atoms with E-state index >= 15 is 0 Å². The number of hydrogen-bond donors (Lipinski definition) is 3. The van der Waals surface area contributed by atoms with E-state index in [2.05, 4.69) is 20.6 Å². The zero-order valence-electron chi connectivity index (χ0n) is 19.9. The van der Waals surface area contributed by atoms with E-state index in [-0.39, 0.29) is 39.1 Å². The molecule has 0 saturated carbocycles. The highest BCUT2D eigenvalue weighted by Crippen LogP contribution is 2.33. The Hall–Kier alpha value is -4.05. The van der Waals surface area contributed by atoms with Gasteiger partial charge in [0.2, 0.25) is 5.82 Å². The van der Waals surface area contributed by atoms with E-state index in [1.54, 1.807) is 30.3 Å². The second-order valence-corrected chi connectivity index (χ2v) is 10.5. The Bertz CT molecular complexity index is 1500. The number of sulfone groups is 1. The van der Waals surface area contributed by atoms with Crippen molar-refractivity contribution in [2.45, 2.75) is 43.8 Å². The third kappa shape index (κ3) is 5.13. The number of nitrogens with zero attached hydrogens (tertiary/aromatic N) is 3. The van der Waals surface area contributed by atoms with E-state index in [0.29, 0.717) is 41.8 Å². The molecule has 0 unspecified atom stereocenters. The number of aromatic amines is 1. The fourth-order valence-electron chi connectivity index (χ4n) is 4.15. The number of H-pyrrole nitrogens is 1. The van der Waals surface area contributed by atoms with Crippen molar-refractivity contribution in [2.75, 3.05) is 0 Å². The van der Waals surface area contributed by atoms with Crippen molar-refractivity contribution in [3.63, 3.8) is 0 Å². The van der Waals surface area contributed by atoms with Crippen LogP contribution in [0.2, 0.25) is 0 Å². The van der Waals surface area contributed by atoms with Crippen LogP contribution in [0.4, 0.5) is 0 Å². The van der Waals surface area contributed by atoms with Crippen LogP contribution >= 0.6 is 0 Å². The number of carbonyl (C=O) groups excluding carboxylic acids is 1. The molecule has 36 heavy (non-hydrogen) atoms. The lowest BCUT2D eigenvalue weighted by Gasteiger charge is -2.14. The number of aromatic nitrogens is 4. The number of hydrogen-bond acceptors (Lipinski definition) is 8. The Labute approximate surface area is 208 Å². The summed E-state index contributed by atoms with van der Waals surface area (Å²) in [5.74, 6) is -0.481. The Morgan fingerprint density at radius 3 is 2.33 bits per heavy atom. The van der Waals surface area contributed by atoms with Gasteiger partial charge in [0.15, 0.2) is 15.6 Å². The number of nitrogens with one attached hydrogen (secondary N) is 1. The van der Waals surface area contributed by atoms with Gasteiger partial charge < -0.3 is 10.2 Å². The maximum absolute atomic E-state index is 13.3. The van der Waals surface area contributed by atoms with Gasteiger partial charge in [0, 0.05) is 12.0 Å². The van der Waals surface area contributed by atoms with Crippen LogP contribution in [-0.4, -0.2) is 45.0 Å². The quantitative estimate of drug-likeness (QED) is 0.289. The van der Waals surface area contributed by atoms with Crippen LogP contribution in [0.25, 0.3) is 11.4 Å². The third-order valence-corrected chi connectivity index (χ3v) is 7.70. The smallest absolute Gasteiger partial charge is 0.208 e. The molecule has 0 atom stereocenters. The summed E-state index contributed by atoms with van der Waals surface area (Å²) in [4.78, 5) is 11.8. The van der Waals surface area contributed by atoms with Crippen LogP contribution in [0, 0.1) is 0 Å². The molecular weight excluding hydrogens is 480 g/mol. The molecule has 186 valence electrons. The molecule has 0 aliphatic rings. The molecule has 0 aliphatic carbocycles. The molecule has 0 fully saturated rings. The Kier molecular flexibility index (Phi) is 7.16. The summed E-state index contributed by atoms with van der Waals surface area (Å²) < 4.78 is 26.5. The maximum Gasteiger partial charge on any atom is 0.208 e. The molecule has 0 spiro atoms. The van der Waals surface area contributed by atoms with Gasteiger partial charge >= 0.3 is 0 Å². The van der Waals surface area contributed by atoms with E-state index in [0.717, 1.165) is 5.56 Å². The van der Waals surface area contributed by atoms with E-state index in [4.69, 9.17) is 0 Å². The lowest BCUT2D eigenvalue weighted by molar-refractivity contribution is 0.101. The Morgan fingerprint density at radius 1 is 0.972 bits per heavy atom. The molecule has 4 rings (SSSR count). The van der Waals surface area contributed by atoms with Gasteiger partial charge in [-0.3, -0.25) is 4.79 Å². The van der Waals surface area contributed by atoms with Gasteiger partial charge in [-0.1, -0.05) is 49.7 Å². The number of benzene rings is 3. The first-order valence-electron chi connectivity index (χ1n) is 11.4. The lowest BCUT2D eigenvalue weighted by Crippen LogP contribution is -2.10. The van der Waals surface area contributed by atoms with Crippen molar-refractivity contribution in [2.24, 2.45) is 0 Å². The summed E-state index contributed by atoms with van der Waals surface area (Å²) in [5.41, 5.74) is 2.99. The average molecular weight is 507 g/mol. The number of phenolic OH excluding ortho intramolecular Hbond substituents is 2. The van der Waals surface area contributed by atoms with E-state index in [1.165, 1.54) is 19.1 Å². The van der Waals surface area contributed by atoms with Crippen LogP contribution < -0.4 is 0 Å². The minimum absolute atomic E-state index is 0.0409. The van der Waals surface area contributed by atoms with E-state index in [1.807, 2.05) is 19.1 Å². The molecule has 0 amide bonds. The fraction of sp³-hybridized carbons (Fsp3) is 0.231. The highest BCUT2D eigenvalue weighted by Gasteiger charge is 2.24. The van der Waals surface area contributed by atoms with Gasteiger partial charge in [0.25, 0.3) is 0 Å². The standard InChI is InChI=1S/C26H26N4O5S/c1-3-5-21-23(13-12-20(16(2)31)25(21)33)36(34,35)15-18-10-8-17(9-11-18)14-19-6-4-7-22(24(19)32)26-27-29-30-28-26/h4,6-13,32-33H,3,5,14-15H2,1-2H3,(H,27,28,29,30). The van der Waals surface area contributed by atoms with E-state index < -0.39 is 9.84 Å². The average Bonchev–Trinajstić information content (AvgIpc) is 3.37. The Morgan fingerprint density at radius 2 is 1.69 bits per heavy atom. The van der Waals surface area contributed by atoms with Crippen molar-refractivity contribution in [3.05, 3.63) is 82.4 Å². The molecule has 0 aliphatic heterocycles. The summed E-state index contributed by atoms with van der Waals surface area (Å²) in [6.45, 7) is 3.21. The third-order valence-electron chi connectivity index (χ3n) is 5.93. The SMILES string of the molecule is CCCc1c(S(=O)(=O)Cc2ccc(Cc3cccc(-c4nn[nH]n4)c3O)cc2)ccc(C(C)=O)c1O. The van der Waals surface area contributed by atoms with Crippen molar-refractivity contribution >= 4 is 15.6 Å². The second kappa shape index (κ2) is 10.3. The molecular formula is C26H26N4O5S. The normalized spacial score (nSPS) is 11.5. The van der Waals surface area contributed by atoms with Crippen molar-refractivity contribution in [1.82, 2.24) is 20.6 Å². The number of aromatic hydroxyl groups is 2. The fourth-order valence-corrected chi connectivity index (χ4v) is 5.78. The first-order chi connectivity index (χ1) is 17.2. The second-order valence-electron chi connectivity index (χ2n) is 8.55. The summed E-state index contributed by atoms with van der Waals surface area (Å²) in [5, 5.41) is 34.9. The molecule has 1 aromatic heterocycles. The van der Waals surface area contributed by atoms with Crippen LogP contribution in [-0.2, 0) is 28.4 Å².